The monoisotopic (exact) mass is 370 g/mol. The number of nitrogens with zero attached hydrogens (tertiary/aromatic N) is 1. The van der Waals surface area contributed by atoms with Gasteiger partial charge in [-0.15, -0.1) is 0 Å². The van der Waals surface area contributed by atoms with Crippen molar-refractivity contribution in [2.24, 2.45) is 0 Å². The molecule has 0 saturated carbocycles. The van der Waals surface area contributed by atoms with Crippen LogP contribution >= 0.6 is 0 Å². The molecule has 0 spiro atoms. The van der Waals surface area contributed by atoms with Crippen molar-refractivity contribution in [2.75, 3.05) is 13.2 Å². The summed E-state index contributed by atoms with van der Waals surface area (Å²) in [6.07, 6.45) is 0. The first kappa shape index (κ1) is 21.1. The van der Waals surface area contributed by atoms with Gasteiger partial charge in [0.1, 0.15) is 0 Å². The lowest BCUT2D eigenvalue weighted by Crippen LogP contribution is -2.44. The Morgan fingerprint density at radius 2 is 1.60 bits per heavy atom. The van der Waals surface area contributed by atoms with Crippen molar-refractivity contribution in [1.29, 1.82) is 0 Å². The van der Waals surface area contributed by atoms with Crippen molar-refractivity contribution in [1.82, 2.24) is 9.62 Å². The molecule has 0 aromatic heterocycles. The predicted molar refractivity (Wildman–Crippen MR) is 94.7 cm³/mol. The lowest BCUT2D eigenvalue weighted by Gasteiger charge is -2.30. The van der Waals surface area contributed by atoms with Gasteiger partial charge >= 0.3 is 5.97 Å². The second-order valence-corrected chi connectivity index (χ2v) is 7.86. The van der Waals surface area contributed by atoms with Crippen LogP contribution in [0.1, 0.15) is 45.0 Å². The molecule has 8 heteroatoms. The van der Waals surface area contributed by atoms with Crippen molar-refractivity contribution in [2.45, 2.75) is 51.6 Å². The van der Waals surface area contributed by atoms with Gasteiger partial charge < -0.3 is 9.64 Å². The summed E-state index contributed by atoms with van der Waals surface area (Å²) < 4.78 is 31.1. The first-order valence-electron chi connectivity index (χ1n) is 8.18. The fraction of sp³-hybridized carbons (Fsp3) is 0.529. The van der Waals surface area contributed by atoms with Crippen LogP contribution in [-0.4, -0.2) is 50.4 Å². The lowest BCUT2D eigenvalue weighted by molar-refractivity contribution is -0.138. The van der Waals surface area contributed by atoms with E-state index in [1.165, 1.54) is 24.3 Å². The summed E-state index contributed by atoms with van der Waals surface area (Å²) in [4.78, 5) is 25.9. The molecule has 0 aliphatic carbocycles. The third kappa shape index (κ3) is 5.82. The van der Waals surface area contributed by atoms with Gasteiger partial charge in [0.05, 0.1) is 10.5 Å². The van der Waals surface area contributed by atoms with E-state index in [-0.39, 0.29) is 41.6 Å². The normalized spacial score (nSPS) is 11.6. The Labute approximate surface area is 149 Å². The summed E-state index contributed by atoms with van der Waals surface area (Å²) in [7, 11) is -3.57. The fourth-order valence-corrected chi connectivity index (χ4v) is 3.54. The minimum Gasteiger partial charge on any atom is -0.452 e. The largest absolute Gasteiger partial charge is 0.452 e. The molecule has 1 rings (SSSR count). The first-order valence-corrected chi connectivity index (χ1v) is 9.66. The summed E-state index contributed by atoms with van der Waals surface area (Å²) in [5.41, 5.74) is 0.184. The number of sulfonamides is 1. The number of benzene rings is 1. The fourth-order valence-electron chi connectivity index (χ4n) is 2.50. The Bertz CT molecular complexity index is 688. The highest BCUT2D eigenvalue weighted by Crippen LogP contribution is 2.12. The molecule has 1 amide bonds. The highest BCUT2D eigenvalue weighted by molar-refractivity contribution is 7.89. The van der Waals surface area contributed by atoms with Gasteiger partial charge in [-0.25, -0.2) is 17.9 Å². The quantitative estimate of drug-likeness (QED) is 0.704. The molecular formula is C17H26N2O5S. The molecule has 7 nitrogen and oxygen atoms in total. The number of esters is 1. The van der Waals surface area contributed by atoms with Gasteiger partial charge in [-0.1, -0.05) is 6.92 Å². The Hall–Kier alpha value is -1.93. The van der Waals surface area contributed by atoms with Gasteiger partial charge in [0.25, 0.3) is 5.91 Å². The lowest BCUT2D eigenvalue weighted by atomic mass is 10.2. The van der Waals surface area contributed by atoms with Crippen molar-refractivity contribution in [3.63, 3.8) is 0 Å². The molecule has 0 bridgehead atoms. The topological polar surface area (TPSA) is 92.8 Å². The zero-order valence-corrected chi connectivity index (χ0v) is 16.1. The number of hydrogen-bond donors (Lipinski definition) is 1. The maximum Gasteiger partial charge on any atom is 0.338 e. The Balaban J connectivity index is 2.74. The average Bonchev–Trinajstić information content (AvgIpc) is 2.52. The zero-order valence-electron chi connectivity index (χ0n) is 15.3. The van der Waals surface area contributed by atoms with E-state index in [9.17, 15) is 18.0 Å². The predicted octanol–water partition coefficient (Wildman–Crippen LogP) is 1.79. The van der Waals surface area contributed by atoms with Crippen molar-refractivity contribution >= 4 is 21.9 Å². The molecule has 0 atom stereocenters. The number of rotatable bonds is 8. The van der Waals surface area contributed by atoms with E-state index in [1.54, 1.807) is 11.8 Å². The molecule has 0 aliphatic heterocycles. The molecule has 1 aromatic rings. The summed E-state index contributed by atoms with van der Waals surface area (Å²) in [5, 5.41) is 0. The van der Waals surface area contributed by atoms with Gasteiger partial charge in [0.2, 0.25) is 10.0 Å². The van der Waals surface area contributed by atoms with E-state index < -0.39 is 16.0 Å². The standard InChI is InChI=1S/C17H26N2O5S/c1-6-18-25(22,23)15-9-7-14(8-10-15)17(21)24-11-16(20)19(12(2)3)13(4)5/h7-10,12-13,18H,6,11H2,1-5H3. The van der Waals surface area contributed by atoms with Gasteiger partial charge in [-0.3, -0.25) is 4.79 Å². The van der Waals surface area contributed by atoms with Crippen LogP contribution in [0.2, 0.25) is 0 Å². The van der Waals surface area contributed by atoms with Crippen LogP contribution in [0.4, 0.5) is 0 Å². The van der Waals surface area contributed by atoms with Crippen LogP contribution in [-0.2, 0) is 19.6 Å². The van der Waals surface area contributed by atoms with Crippen molar-refractivity contribution < 1.29 is 22.7 Å². The van der Waals surface area contributed by atoms with E-state index >= 15 is 0 Å². The van der Waals surface area contributed by atoms with Crippen LogP contribution in [0.15, 0.2) is 29.2 Å². The maximum atomic E-state index is 12.2. The van der Waals surface area contributed by atoms with E-state index in [4.69, 9.17) is 4.74 Å². The van der Waals surface area contributed by atoms with E-state index in [1.807, 2.05) is 27.7 Å². The van der Waals surface area contributed by atoms with Crippen molar-refractivity contribution in [3.05, 3.63) is 29.8 Å². The number of nitrogens with one attached hydrogen (secondary N) is 1. The molecule has 0 saturated heterocycles. The third-order valence-corrected chi connectivity index (χ3v) is 5.02. The molecule has 140 valence electrons. The summed E-state index contributed by atoms with van der Waals surface area (Å²) in [5.74, 6) is -0.946. The first-order chi connectivity index (χ1) is 11.6. The van der Waals surface area contributed by atoms with Crippen LogP contribution < -0.4 is 4.72 Å². The third-order valence-electron chi connectivity index (χ3n) is 3.46. The van der Waals surface area contributed by atoms with Crippen molar-refractivity contribution in [3.8, 4) is 0 Å². The maximum absolute atomic E-state index is 12.2. The summed E-state index contributed by atoms with van der Waals surface area (Å²) >= 11 is 0. The Morgan fingerprint density at radius 3 is 2.04 bits per heavy atom. The van der Waals surface area contributed by atoms with Crippen LogP contribution in [0.3, 0.4) is 0 Å². The average molecular weight is 370 g/mol. The Morgan fingerprint density at radius 1 is 1.08 bits per heavy atom. The molecule has 0 heterocycles. The highest BCUT2D eigenvalue weighted by Gasteiger charge is 2.22. The van der Waals surface area contributed by atoms with Gasteiger partial charge in [0, 0.05) is 18.6 Å². The minimum atomic E-state index is -3.57. The van der Waals surface area contributed by atoms with Gasteiger partial charge in [-0.05, 0) is 52.0 Å². The zero-order chi connectivity index (χ0) is 19.2. The Kier molecular flexibility index (Phi) is 7.57. The number of ether oxygens (including phenoxy) is 1. The second-order valence-electron chi connectivity index (χ2n) is 6.09. The number of carbonyl (C=O) groups excluding carboxylic acids is 2. The van der Waals surface area contributed by atoms with E-state index in [0.717, 1.165) is 0 Å². The molecule has 1 N–H and O–H groups in total. The second kappa shape index (κ2) is 8.96. The number of hydrogen-bond acceptors (Lipinski definition) is 5. The van der Waals surface area contributed by atoms with Crippen LogP contribution in [0.25, 0.3) is 0 Å². The summed E-state index contributed by atoms with van der Waals surface area (Å²) in [6, 6.07) is 5.37. The highest BCUT2D eigenvalue weighted by atomic mass is 32.2. The van der Waals surface area contributed by atoms with Gasteiger partial charge in [0.15, 0.2) is 6.61 Å². The smallest absolute Gasteiger partial charge is 0.338 e. The number of carbonyl (C=O) groups is 2. The van der Waals surface area contributed by atoms with Crippen LogP contribution in [0.5, 0.6) is 0 Å². The van der Waals surface area contributed by atoms with Crippen LogP contribution in [0, 0.1) is 0 Å². The number of amides is 1. The van der Waals surface area contributed by atoms with E-state index in [2.05, 4.69) is 4.72 Å². The van der Waals surface area contributed by atoms with E-state index in [0.29, 0.717) is 0 Å². The molecule has 25 heavy (non-hydrogen) atoms. The molecule has 0 unspecified atom stereocenters. The molecule has 1 aromatic carbocycles. The molecule has 0 radical (unpaired) electrons. The molecule has 0 fully saturated rings. The van der Waals surface area contributed by atoms with Gasteiger partial charge in [-0.2, -0.15) is 0 Å². The summed E-state index contributed by atoms with van der Waals surface area (Å²) in [6.45, 7) is 9.17. The molecule has 0 aliphatic rings. The SMILES string of the molecule is CCNS(=O)(=O)c1ccc(C(=O)OCC(=O)N(C(C)C)C(C)C)cc1. The minimum absolute atomic E-state index is 0.00163. The molecular weight excluding hydrogens is 344 g/mol.